The van der Waals surface area contributed by atoms with E-state index in [1.54, 1.807) is 0 Å². The summed E-state index contributed by atoms with van der Waals surface area (Å²) in [6.07, 6.45) is 2.19. The predicted octanol–water partition coefficient (Wildman–Crippen LogP) is 5.36. The number of nitrogens with zero attached hydrogens (tertiary/aromatic N) is 1. The van der Waals surface area contributed by atoms with E-state index in [0.717, 1.165) is 28.3 Å². The number of benzene rings is 2. The van der Waals surface area contributed by atoms with E-state index >= 15 is 0 Å². The molecule has 0 saturated heterocycles. The Bertz CT molecular complexity index is 819. The molecule has 1 aliphatic heterocycles. The number of unbranched alkanes of at least 4 members (excludes halogenated alkanes) is 1. The molecule has 2 aromatic carbocycles. The molecule has 152 valence electrons. The van der Waals surface area contributed by atoms with E-state index in [1.165, 1.54) is 20.3 Å². The van der Waals surface area contributed by atoms with Gasteiger partial charge >= 0.3 is 191 Å². The number of halogens is 2. The molecule has 2 aromatic rings. The molecule has 0 fully saturated rings. The van der Waals surface area contributed by atoms with Gasteiger partial charge in [0, 0.05) is 0 Å². The van der Waals surface area contributed by atoms with Gasteiger partial charge in [-0.2, -0.15) is 0 Å². The Morgan fingerprint density at radius 1 is 0.929 bits per heavy atom. The van der Waals surface area contributed by atoms with Crippen LogP contribution in [-0.2, 0) is 13.6 Å². The molecule has 0 saturated carbocycles. The molecule has 0 radical (unpaired) electrons. The summed E-state index contributed by atoms with van der Waals surface area (Å²) >= 11 is 7.48. The summed E-state index contributed by atoms with van der Waals surface area (Å²) in [6.45, 7) is 5.40. The first kappa shape index (κ1) is 22.6. The van der Waals surface area contributed by atoms with Crippen LogP contribution in [0.2, 0.25) is 0 Å². The van der Waals surface area contributed by atoms with Crippen molar-refractivity contribution in [2.24, 2.45) is 0 Å². The molecular weight excluding hydrogens is 572 g/mol. The van der Waals surface area contributed by atoms with Crippen LogP contribution >= 0.6 is 39.5 Å². The van der Waals surface area contributed by atoms with Crippen molar-refractivity contribution < 1.29 is 13.6 Å². The van der Waals surface area contributed by atoms with E-state index < -0.39 is 7.60 Å². The number of hydrogen-bond acceptors (Lipinski definition) is 4. The van der Waals surface area contributed by atoms with E-state index in [-0.39, 0.29) is 15.0 Å². The standard InChI is InChI=1S/C20H24Br2NO3PSe/c1-3-25-27(24,26-4-2)12-6-5-11-23-17-9-7-15(21)13-19(17)28-20-14-16(22)8-10-18(20)23/h7-10,13-14H,3-6,11-12H2,1-2H3. The van der Waals surface area contributed by atoms with Crippen molar-refractivity contribution in [1.29, 1.82) is 0 Å². The molecular formula is C20H24Br2NO3PSe. The van der Waals surface area contributed by atoms with Gasteiger partial charge in [0.1, 0.15) is 0 Å². The van der Waals surface area contributed by atoms with Crippen molar-refractivity contribution in [2.45, 2.75) is 26.7 Å². The molecule has 0 aromatic heterocycles. The molecule has 0 spiro atoms. The van der Waals surface area contributed by atoms with E-state index in [4.69, 9.17) is 9.05 Å². The summed E-state index contributed by atoms with van der Waals surface area (Å²) in [4.78, 5) is 2.39. The summed E-state index contributed by atoms with van der Waals surface area (Å²) < 4.78 is 28.5. The van der Waals surface area contributed by atoms with Gasteiger partial charge in [0.2, 0.25) is 0 Å². The summed E-state index contributed by atoms with van der Waals surface area (Å²) in [5, 5.41) is 0. The van der Waals surface area contributed by atoms with Gasteiger partial charge in [-0.15, -0.1) is 0 Å². The molecule has 0 bridgehead atoms. The molecule has 0 amide bonds. The van der Waals surface area contributed by atoms with Crippen LogP contribution in [0.3, 0.4) is 0 Å². The Hall–Kier alpha value is -0.131. The third-order valence-electron chi connectivity index (χ3n) is 4.36. The summed E-state index contributed by atoms with van der Waals surface area (Å²) in [5.41, 5.74) is 2.55. The van der Waals surface area contributed by atoms with Crippen LogP contribution in [0.15, 0.2) is 45.3 Å². The van der Waals surface area contributed by atoms with Gasteiger partial charge in [-0.3, -0.25) is 0 Å². The number of fused-ring (bicyclic) bond motifs is 2. The second-order valence-corrected chi connectivity index (χ2v) is 12.6. The summed E-state index contributed by atoms with van der Waals surface area (Å²) in [5.74, 6) is 0. The third kappa shape index (κ3) is 5.51. The van der Waals surface area contributed by atoms with Crippen LogP contribution in [0, 0.1) is 0 Å². The van der Waals surface area contributed by atoms with E-state index in [9.17, 15) is 4.57 Å². The number of anilines is 2. The van der Waals surface area contributed by atoms with Crippen LogP contribution in [0.25, 0.3) is 0 Å². The minimum absolute atomic E-state index is 0.272. The van der Waals surface area contributed by atoms with Crippen LogP contribution in [0.1, 0.15) is 26.7 Å². The van der Waals surface area contributed by atoms with Crippen molar-refractivity contribution in [1.82, 2.24) is 0 Å². The predicted molar refractivity (Wildman–Crippen MR) is 125 cm³/mol. The molecule has 28 heavy (non-hydrogen) atoms. The molecule has 3 rings (SSSR count). The maximum atomic E-state index is 12.7. The Morgan fingerprint density at radius 2 is 1.46 bits per heavy atom. The number of rotatable bonds is 9. The van der Waals surface area contributed by atoms with Gasteiger partial charge in [-0.1, -0.05) is 0 Å². The molecule has 1 aliphatic rings. The Labute approximate surface area is 190 Å². The second kappa shape index (κ2) is 10.3. The molecule has 0 aliphatic carbocycles. The van der Waals surface area contributed by atoms with Gasteiger partial charge in [0.05, 0.1) is 0 Å². The molecule has 8 heteroatoms. The van der Waals surface area contributed by atoms with Crippen molar-refractivity contribution in [2.75, 3.05) is 30.8 Å². The van der Waals surface area contributed by atoms with Crippen LogP contribution < -0.4 is 13.8 Å². The van der Waals surface area contributed by atoms with Crippen molar-refractivity contribution >= 4 is 74.7 Å². The zero-order valence-electron chi connectivity index (χ0n) is 16.0. The van der Waals surface area contributed by atoms with Gasteiger partial charge in [-0.05, 0) is 0 Å². The van der Waals surface area contributed by atoms with Gasteiger partial charge in [0.25, 0.3) is 0 Å². The zero-order valence-corrected chi connectivity index (χ0v) is 21.8. The first-order valence-corrected chi connectivity index (χ1v) is 14.4. The topological polar surface area (TPSA) is 38.8 Å². The van der Waals surface area contributed by atoms with Crippen LogP contribution in [0.5, 0.6) is 0 Å². The monoisotopic (exact) mass is 595 g/mol. The van der Waals surface area contributed by atoms with Gasteiger partial charge < -0.3 is 0 Å². The Morgan fingerprint density at radius 3 is 1.96 bits per heavy atom. The fourth-order valence-corrected chi connectivity index (χ4v) is 8.81. The molecule has 0 atom stereocenters. The molecule has 0 N–H and O–H groups in total. The molecule has 0 unspecified atom stereocenters. The third-order valence-corrected chi connectivity index (χ3v) is 9.81. The van der Waals surface area contributed by atoms with Crippen LogP contribution in [-0.4, -0.2) is 40.9 Å². The molecule has 4 nitrogen and oxygen atoms in total. The quantitative estimate of drug-likeness (QED) is 0.222. The first-order valence-electron chi connectivity index (χ1n) is 9.38. The van der Waals surface area contributed by atoms with Crippen molar-refractivity contribution in [3.63, 3.8) is 0 Å². The second-order valence-electron chi connectivity index (χ2n) is 6.35. The Balaban J connectivity index is 1.74. The van der Waals surface area contributed by atoms with Crippen molar-refractivity contribution in [3.05, 3.63) is 45.3 Å². The average molecular weight is 596 g/mol. The normalized spacial score (nSPS) is 13.4. The van der Waals surface area contributed by atoms with Crippen LogP contribution in [0.4, 0.5) is 11.4 Å². The maximum absolute atomic E-state index is 12.7. The van der Waals surface area contributed by atoms with E-state index in [0.29, 0.717) is 19.4 Å². The molecule has 1 heterocycles. The fourth-order valence-electron chi connectivity index (χ4n) is 3.21. The SMILES string of the molecule is CCOP(=O)(CCCCN1c2ccc(Br)cc2[Se]c2cc(Br)ccc21)OCC. The first-order chi connectivity index (χ1) is 13.5. The Kier molecular flexibility index (Phi) is 8.26. The number of hydrogen-bond donors (Lipinski definition) is 0. The minimum atomic E-state index is -2.96. The fraction of sp³-hybridized carbons (Fsp3) is 0.400. The van der Waals surface area contributed by atoms with E-state index in [2.05, 4.69) is 73.2 Å². The van der Waals surface area contributed by atoms with Gasteiger partial charge in [0.15, 0.2) is 0 Å². The van der Waals surface area contributed by atoms with Crippen molar-refractivity contribution in [3.8, 4) is 0 Å². The zero-order chi connectivity index (χ0) is 20.1. The summed E-state index contributed by atoms with van der Waals surface area (Å²) in [7, 11) is -2.96. The van der Waals surface area contributed by atoms with E-state index in [1.807, 2.05) is 13.8 Å². The average Bonchev–Trinajstić information content (AvgIpc) is 2.64. The summed E-state index contributed by atoms with van der Waals surface area (Å²) in [6, 6.07) is 13.0. The van der Waals surface area contributed by atoms with Gasteiger partial charge in [-0.25, -0.2) is 0 Å².